The number of ether oxygens (including phenoxy) is 1. The first kappa shape index (κ1) is 16.4. The Kier molecular flexibility index (Phi) is 4.10. The van der Waals surface area contributed by atoms with Gasteiger partial charge in [0, 0.05) is 25.0 Å². The highest BCUT2D eigenvalue weighted by molar-refractivity contribution is 5.86. The molecule has 1 saturated heterocycles. The second kappa shape index (κ2) is 6.75. The minimum absolute atomic E-state index is 0.00658. The van der Waals surface area contributed by atoms with Gasteiger partial charge in [0.25, 0.3) is 0 Å². The topological polar surface area (TPSA) is 90.9 Å². The molecule has 3 aromatic rings. The Bertz CT molecular complexity index is 1090. The minimum Gasteiger partial charge on any atom is -0.383 e. The molecule has 1 aliphatic heterocycles. The Balaban J connectivity index is 1.24. The molecule has 7 heteroatoms. The molecule has 1 aliphatic carbocycles. The van der Waals surface area contributed by atoms with Crippen molar-refractivity contribution in [3.8, 4) is 0 Å². The van der Waals surface area contributed by atoms with Gasteiger partial charge in [-0.15, -0.1) is 0 Å². The molecule has 1 unspecified atom stereocenters. The smallest absolute Gasteiger partial charge is 0.147 e. The van der Waals surface area contributed by atoms with Crippen LogP contribution in [0.3, 0.4) is 0 Å². The Morgan fingerprint density at radius 3 is 3.15 bits per heavy atom. The van der Waals surface area contributed by atoms with Crippen LogP contribution in [0.25, 0.3) is 23.2 Å². The molecule has 27 heavy (non-hydrogen) atoms. The van der Waals surface area contributed by atoms with E-state index < -0.39 is 0 Å². The number of nitrogen functional groups attached to an aromatic ring is 1. The van der Waals surface area contributed by atoms with Crippen LogP contribution in [0.2, 0.25) is 0 Å². The van der Waals surface area contributed by atoms with Crippen LogP contribution in [0.4, 0.5) is 5.82 Å². The molecule has 0 amide bonds. The maximum absolute atomic E-state index is 6.27. The van der Waals surface area contributed by atoms with Crippen LogP contribution in [0, 0.1) is 0 Å². The molecule has 5 rings (SSSR count). The van der Waals surface area contributed by atoms with Gasteiger partial charge >= 0.3 is 0 Å². The second-order valence-corrected chi connectivity index (χ2v) is 7.11. The number of rotatable bonds is 4. The monoisotopic (exact) mass is 362 g/mol. The third-order valence-electron chi connectivity index (χ3n) is 5.37. The van der Waals surface area contributed by atoms with E-state index in [0.29, 0.717) is 11.9 Å². The van der Waals surface area contributed by atoms with Crippen LogP contribution >= 0.6 is 0 Å². The van der Waals surface area contributed by atoms with Gasteiger partial charge in [0.2, 0.25) is 0 Å². The molecule has 2 aliphatic rings. The van der Waals surface area contributed by atoms with Crippen LogP contribution in [-0.2, 0) is 4.74 Å². The predicted molar refractivity (Wildman–Crippen MR) is 104 cm³/mol. The van der Waals surface area contributed by atoms with E-state index in [2.05, 4.69) is 43.1 Å². The fourth-order valence-electron chi connectivity index (χ4n) is 3.94. The molecule has 7 nitrogen and oxygen atoms in total. The molecule has 0 bridgehead atoms. The van der Waals surface area contributed by atoms with Crippen molar-refractivity contribution in [3.05, 3.63) is 47.5 Å². The highest BCUT2D eigenvalue weighted by Gasteiger charge is 2.28. The zero-order chi connectivity index (χ0) is 18.2. The van der Waals surface area contributed by atoms with Gasteiger partial charge < -0.3 is 20.4 Å². The number of nitrogens with two attached hydrogens (primary N) is 1. The first-order valence-corrected chi connectivity index (χ1v) is 9.37. The molecule has 0 radical (unpaired) electrons. The van der Waals surface area contributed by atoms with Gasteiger partial charge in [-0.3, -0.25) is 4.98 Å². The Morgan fingerprint density at radius 2 is 2.19 bits per heavy atom. The van der Waals surface area contributed by atoms with Crippen molar-refractivity contribution in [1.82, 2.24) is 24.8 Å². The van der Waals surface area contributed by atoms with Gasteiger partial charge in [-0.1, -0.05) is 12.1 Å². The van der Waals surface area contributed by atoms with Crippen molar-refractivity contribution in [3.63, 3.8) is 0 Å². The molecule has 3 aromatic heterocycles. The summed E-state index contributed by atoms with van der Waals surface area (Å²) < 4.78 is 8.34. The molecular formula is C20H22N6O. The summed E-state index contributed by atoms with van der Waals surface area (Å²) in [5.74, 6) is 0.507. The third kappa shape index (κ3) is 3.09. The second-order valence-electron chi connectivity index (χ2n) is 7.11. The number of pyridine rings is 1. The van der Waals surface area contributed by atoms with E-state index in [4.69, 9.17) is 10.5 Å². The Morgan fingerprint density at radius 1 is 1.22 bits per heavy atom. The van der Waals surface area contributed by atoms with Gasteiger partial charge in [-0.25, -0.2) is 9.97 Å². The molecule has 3 N–H and O–H groups in total. The Labute approximate surface area is 156 Å². The van der Waals surface area contributed by atoms with E-state index in [1.54, 1.807) is 0 Å². The van der Waals surface area contributed by atoms with E-state index in [9.17, 15) is 0 Å². The predicted octanol–water partition coefficient (Wildman–Crippen LogP) is 0.709. The molecule has 0 aromatic carbocycles. The summed E-state index contributed by atoms with van der Waals surface area (Å²) in [5, 5.41) is 6.76. The lowest BCUT2D eigenvalue weighted by Gasteiger charge is -2.20. The summed E-state index contributed by atoms with van der Waals surface area (Å²) in [6, 6.07) is 6.34. The summed E-state index contributed by atoms with van der Waals surface area (Å²) in [5.41, 5.74) is 6.77. The fraction of sp³-hybridized carbons (Fsp3) is 0.350. The van der Waals surface area contributed by atoms with Crippen LogP contribution in [0.5, 0.6) is 0 Å². The first-order valence-electron chi connectivity index (χ1n) is 9.37. The van der Waals surface area contributed by atoms with Crippen LogP contribution in [0.1, 0.15) is 25.5 Å². The van der Waals surface area contributed by atoms with Crippen molar-refractivity contribution in [2.75, 3.05) is 12.3 Å². The summed E-state index contributed by atoms with van der Waals surface area (Å²) in [6.45, 7) is 0.823. The van der Waals surface area contributed by atoms with Gasteiger partial charge in [0.05, 0.1) is 16.8 Å². The van der Waals surface area contributed by atoms with Gasteiger partial charge in [0.15, 0.2) is 0 Å². The number of anilines is 1. The van der Waals surface area contributed by atoms with Crippen molar-refractivity contribution >= 4 is 29.0 Å². The fourth-order valence-corrected chi connectivity index (χ4v) is 3.94. The van der Waals surface area contributed by atoms with Crippen molar-refractivity contribution < 1.29 is 4.74 Å². The largest absolute Gasteiger partial charge is 0.383 e. The van der Waals surface area contributed by atoms with Crippen molar-refractivity contribution in [2.45, 2.75) is 37.6 Å². The normalized spacial score (nSPS) is 24.4. The standard InChI is InChI=1S/C20H22N6O/c21-19-16-7-9-26(20(16)25-12-24-19)18-6-5-15(27-18)11-23-14-4-3-13-2-1-8-22-17(13)10-14/h1-3,7-10,12,14-15,18,23H,4-6,11H2,(H2,21,24,25)/t14?,15-,18+/m0/s1. The number of hydrogen-bond acceptors (Lipinski definition) is 6. The molecule has 0 spiro atoms. The average Bonchev–Trinajstić information content (AvgIpc) is 3.33. The van der Waals surface area contributed by atoms with Crippen LogP contribution < -0.4 is 21.6 Å². The summed E-state index contributed by atoms with van der Waals surface area (Å²) in [4.78, 5) is 12.9. The van der Waals surface area contributed by atoms with Crippen molar-refractivity contribution in [2.24, 2.45) is 0 Å². The SMILES string of the molecule is Nc1ncnc2c1ccn2[C@H]1CC[C@@H](CNC2C=c3ncccc3=CC2)O1. The number of nitrogens with zero attached hydrogens (tertiary/aromatic N) is 4. The number of aromatic nitrogens is 4. The van der Waals surface area contributed by atoms with Crippen LogP contribution in [0.15, 0.2) is 36.9 Å². The molecule has 3 atom stereocenters. The summed E-state index contributed by atoms with van der Waals surface area (Å²) in [7, 11) is 0. The van der Waals surface area contributed by atoms with Crippen LogP contribution in [-0.4, -0.2) is 38.2 Å². The molecular weight excluding hydrogens is 340 g/mol. The van der Waals surface area contributed by atoms with Gasteiger partial charge in [0.1, 0.15) is 24.0 Å². The molecule has 0 saturated carbocycles. The lowest BCUT2D eigenvalue weighted by molar-refractivity contribution is 0.00485. The summed E-state index contributed by atoms with van der Waals surface area (Å²) >= 11 is 0. The zero-order valence-electron chi connectivity index (χ0n) is 15.0. The number of fused-ring (bicyclic) bond motifs is 2. The van der Waals surface area contributed by atoms with Crippen molar-refractivity contribution in [1.29, 1.82) is 0 Å². The molecule has 4 heterocycles. The molecule has 138 valence electrons. The lowest BCUT2D eigenvalue weighted by Crippen LogP contribution is -2.40. The van der Waals surface area contributed by atoms with Gasteiger partial charge in [-0.2, -0.15) is 0 Å². The quantitative estimate of drug-likeness (QED) is 0.710. The zero-order valence-corrected chi connectivity index (χ0v) is 15.0. The van der Waals surface area contributed by atoms with E-state index in [-0.39, 0.29) is 12.3 Å². The Hall–Kier alpha value is -2.77. The highest BCUT2D eigenvalue weighted by atomic mass is 16.5. The number of nitrogens with one attached hydrogen (secondary N) is 1. The van der Waals surface area contributed by atoms with E-state index in [1.807, 2.05) is 24.5 Å². The van der Waals surface area contributed by atoms with Gasteiger partial charge in [-0.05, 0) is 42.7 Å². The maximum atomic E-state index is 6.27. The third-order valence-corrected chi connectivity index (χ3v) is 5.37. The highest BCUT2D eigenvalue weighted by Crippen LogP contribution is 2.31. The molecule has 1 fully saturated rings. The summed E-state index contributed by atoms with van der Waals surface area (Å²) in [6.07, 6.45) is 12.9. The number of hydrogen-bond donors (Lipinski definition) is 2. The maximum Gasteiger partial charge on any atom is 0.147 e. The van der Waals surface area contributed by atoms with E-state index in [0.717, 1.165) is 42.2 Å². The van der Waals surface area contributed by atoms with E-state index >= 15 is 0 Å². The first-order chi connectivity index (χ1) is 13.3. The van der Waals surface area contributed by atoms with E-state index in [1.165, 1.54) is 11.5 Å². The lowest BCUT2D eigenvalue weighted by atomic mass is 10.1. The average molecular weight is 362 g/mol. The minimum atomic E-state index is -0.00658.